The van der Waals surface area contributed by atoms with Gasteiger partial charge in [0.1, 0.15) is 12.2 Å². The topological polar surface area (TPSA) is 29.6 Å². The first-order chi connectivity index (χ1) is 12.2. The predicted octanol–water partition coefficient (Wildman–Crippen LogP) is 5.35. The summed E-state index contributed by atoms with van der Waals surface area (Å²) >= 11 is 3.83. The molecule has 1 heterocycles. The maximum absolute atomic E-state index is 10.8. The number of epoxide rings is 1. The van der Waals surface area contributed by atoms with E-state index in [2.05, 4.69) is 65.3 Å². The van der Waals surface area contributed by atoms with E-state index in [1.165, 1.54) is 35.1 Å². The zero-order valence-electron chi connectivity index (χ0n) is 14.7. The highest BCUT2D eigenvalue weighted by Gasteiger charge is 2.40. The Labute approximate surface area is 158 Å². The summed E-state index contributed by atoms with van der Waals surface area (Å²) in [7, 11) is 0. The molecular formula is C22H25BrO2. The molecule has 0 radical (unpaired) electrons. The normalized spacial score (nSPS) is 20.2. The molecule has 3 heteroatoms. The van der Waals surface area contributed by atoms with Gasteiger partial charge in [-0.05, 0) is 49.3 Å². The fourth-order valence-corrected chi connectivity index (χ4v) is 3.98. The summed E-state index contributed by atoms with van der Waals surface area (Å²) in [6.45, 7) is 2.12. The van der Waals surface area contributed by atoms with Gasteiger partial charge in [0, 0.05) is 4.83 Å². The summed E-state index contributed by atoms with van der Waals surface area (Å²) in [5.74, 6) is 0. The fraction of sp³-hybridized carbons (Fsp3) is 0.409. The molecular weight excluding hydrogens is 376 g/mol. The minimum absolute atomic E-state index is 0.0147. The van der Waals surface area contributed by atoms with Crippen LogP contribution in [0.3, 0.4) is 0 Å². The van der Waals surface area contributed by atoms with Gasteiger partial charge < -0.3 is 9.53 Å². The quantitative estimate of drug-likeness (QED) is 0.245. The number of alkyl halides is 1. The minimum Gasteiger partial charge on any atom is -0.356 e. The Hall–Kier alpha value is -1.45. The predicted molar refractivity (Wildman–Crippen MR) is 105 cm³/mol. The highest BCUT2D eigenvalue weighted by atomic mass is 79.9. The number of carbonyl (C=O) groups excluding carboxylic acids is 1. The maximum Gasteiger partial charge on any atom is 0.151 e. The van der Waals surface area contributed by atoms with E-state index in [0.29, 0.717) is 4.83 Å². The van der Waals surface area contributed by atoms with Crippen LogP contribution in [-0.2, 0) is 22.4 Å². The Balaban J connectivity index is 1.43. The van der Waals surface area contributed by atoms with Crippen LogP contribution in [0.4, 0.5) is 0 Å². The molecule has 2 aromatic carbocycles. The summed E-state index contributed by atoms with van der Waals surface area (Å²) in [6, 6.07) is 17.2. The standard InChI is InChI=1S/C22H25BrO2/c1-16-10-12-17(13-11-16)14-19(23)8-4-2-6-18-7-3-5-9-20(18)22-21(15-24)25-22/h3,5,7,9-13,15,19,21-22H,2,4,6,8,14H2,1H3. The van der Waals surface area contributed by atoms with E-state index >= 15 is 0 Å². The lowest BCUT2D eigenvalue weighted by molar-refractivity contribution is -0.108. The molecule has 2 nitrogen and oxygen atoms in total. The van der Waals surface area contributed by atoms with Crippen LogP contribution in [-0.4, -0.2) is 17.2 Å². The molecule has 0 saturated carbocycles. The number of unbranched alkanes of at least 4 members (excludes halogenated alkanes) is 1. The van der Waals surface area contributed by atoms with Crippen molar-refractivity contribution in [3.8, 4) is 0 Å². The van der Waals surface area contributed by atoms with Crippen LogP contribution in [0.5, 0.6) is 0 Å². The Kier molecular flexibility index (Phi) is 6.44. The van der Waals surface area contributed by atoms with Gasteiger partial charge in [0.25, 0.3) is 0 Å². The third-order valence-corrected chi connectivity index (χ3v) is 5.59. The summed E-state index contributed by atoms with van der Waals surface area (Å²) in [5.41, 5.74) is 5.21. The highest BCUT2D eigenvalue weighted by Crippen LogP contribution is 2.39. The first kappa shape index (κ1) is 18.3. The molecule has 3 atom stereocenters. The molecule has 0 aliphatic carbocycles. The molecule has 1 fully saturated rings. The molecule has 1 aliphatic heterocycles. The third-order valence-electron chi connectivity index (χ3n) is 4.81. The van der Waals surface area contributed by atoms with Crippen molar-refractivity contribution in [3.05, 3.63) is 70.8 Å². The van der Waals surface area contributed by atoms with Gasteiger partial charge in [0.05, 0.1) is 0 Å². The zero-order valence-corrected chi connectivity index (χ0v) is 16.2. The van der Waals surface area contributed by atoms with E-state index in [4.69, 9.17) is 4.74 Å². The van der Waals surface area contributed by atoms with Crippen LogP contribution in [0.15, 0.2) is 48.5 Å². The van der Waals surface area contributed by atoms with Gasteiger partial charge in [0.15, 0.2) is 6.29 Å². The fourth-order valence-electron chi connectivity index (χ4n) is 3.28. The smallest absolute Gasteiger partial charge is 0.151 e. The summed E-state index contributed by atoms with van der Waals surface area (Å²) in [6.07, 6.45) is 6.31. The summed E-state index contributed by atoms with van der Waals surface area (Å²) in [5, 5.41) is 0. The molecule has 0 aromatic heterocycles. The van der Waals surface area contributed by atoms with Gasteiger partial charge in [-0.2, -0.15) is 0 Å². The first-order valence-electron chi connectivity index (χ1n) is 9.05. The van der Waals surface area contributed by atoms with Crippen LogP contribution in [0.1, 0.15) is 47.6 Å². The molecule has 2 aromatic rings. The molecule has 1 saturated heterocycles. The van der Waals surface area contributed by atoms with Crippen molar-refractivity contribution >= 4 is 22.2 Å². The molecule has 1 aliphatic rings. The van der Waals surface area contributed by atoms with Crippen molar-refractivity contribution < 1.29 is 9.53 Å². The van der Waals surface area contributed by atoms with Crippen LogP contribution in [0, 0.1) is 6.92 Å². The zero-order chi connectivity index (χ0) is 17.6. The van der Waals surface area contributed by atoms with Crippen molar-refractivity contribution in [3.63, 3.8) is 0 Å². The number of hydrogen-bond acceptors (Lipinski definition) is 2. The van der Waals surface area contributed by atoms with Crippen LogP contribution >= 0.6 is 15.9 Å². The molecule has 0 amide bonds. The van der Waals surface area contributed by atoms with E-state index in [1.807, 2.05) is 6.07 Å². The Morgan fingerprint density at radius 2 is 1.88 bits per heavy atom. The molecule has 3 rings (SSSR count). The third kappa shape index (κ3) is 5.26. The number of hydrogen-bond donors (Lipinski definition) is 0. The molecule has 132 valence electrons. The van der Waals surface area contributed by atoms with E-state index < -0.39 is 0 Å². The van der Waals surface area contributed by atoms with Gasteiger partial charge in [-0.15, -0.1) is 0 Å². The number of aryl methyl sites for hydroxylation is 2. The average Bonchev–Trinajstić information content (AvgIpc) is 3.41. The lowest BCUT2D eigenvalue weighted by Gasteiger charge is -2.11. The van der Waals surface area contributed by atoms with E-state index in [1.54, 1.807) is 0 Å². The van der Waals surface area contributed by atoms with E-state index in [0.717, 1.165) is 25.5 Å². The SMILES string of the molecule is Cc1ccc(CC(Br)CCCCc2ccccc2C2OC2C=O)cc1. The average molecular weight is 401 g/mol. The molecule has 0 spiro atoms. The lowest BCUT2D eigenvalue weighted by Crippen LogP contribution is -2.03. The number of benzene rings is 2. The second-order valence-corrected chi connectivity index (χ2v) is 8.18. The van der Waals surface area contributed by atoms with Gasteiger partial charge in [-0.1, -0.05) is 76.4 Å². The molecule has 3 unspecified atom stereocenters. The minimum atomic E-state index is -0.234. The lowest BCUT2D eigenvalue weighted by atomic mass is 9.97. The number of ether oxygens (including phenoxy) is 1. The van der Waals surface area contributed by atoms with Crippen molar-refractivity contribution in [2.45, 2.75) is 56.1 Å². The summed E-state index contributed by atoms with van der Waals surface area (Å²) in [4.78, 5) is 11.4. The highest BCUT2D eigenvalue weighted by molar-refractivity contribution is 9.09. The van der Waals surface area contributed by atoms with E-state index in [9.17, 15) is 4.79 Å². The van der Waals surface area contributed by atoms with Crippen molar-refractivity contribution in [2.24, 2.45) is 0 Å². The van der Waals surface area contributed by atoms with Gasteiger partial charge in [-0.3, -0.25) is 0 Å². The Morgan fingerprint density at radius 1 is 1.12 bits per heavy atom. The first-order valence-corrected chi connectivity index (χ1v) is 9.97. The van der Waals surface area contributed by atoms with Gasteiger partial charge >= 0.3 is 0 Å². The number of rotatable bonds is 9. The number of carbonyl (C=O) groups is 1. The van der Waals surface area contributed by atoms with Crippen LogP contribution < -0.4 is 0 Å². The second-order valence-electron chi connectivity index (χ2n) is 6.89. The second kappa shape index (κ2) is 8.77. The van der Waals surface area contributed by atoms with Crippen molar-refractivity contribution in [2.75, 3.05) is 0 Å². The molecule has 25 heavy (non-hydrogen) atoms. The molecule has 0 bridgehead atoms. The molecule has 0 N–H and O–H groups in total. The monoisotopic (exact) mass is 400 g/mol. The van der Waals surface area contributed by atoms with Crippen molar-refractivity contribution in [1.82, 2.24) is 0 Å². The van der Waals surface area contributed by atoms with Gasteiger partial charge in [0.2, 0.25) is 0 Å². The maximum atomic E-state index is 10.8. The number of aldehydes is 1. The Morgan fingerprint density at radius 3 is 2.60 bits per heavy atom. The van der Waals surface area contributed by atoms with Gasteiger partial charge in [-0.25, -0.2) is 0 Å². The van der Waals surface area contributed by atoms with Crippen molar-refractivity contribution in [1.29, 1.82) is 0 Å². The van der Waals surface area contributed by atoms with Crippen LogP contribution in [0.25, 0.3) is 0 Å². The largest absolute Gasteiger partial charge is 0.356 e. The number of halogens is 1. The Bertz CT molecular complexity index is 695. The summed E-state index contributed by atoms with van der Waals surface area (Å²) < 4.78 is 5.44. The van der Waals surface area contributed by atoms with E-state index in [-0.39, 0.29) is 12.2 Å². The van der Waals surface area contributed by atoms with Crippen LogP contribution in [0.2, 0.25) is 0 Å².